The monoisotopic (exact) mass is 136 g/mol. The van der Waals surface area contributed by atoms with Crippen LogP contribution in [-0.4, -0.2) is 16.8 Å². The van der Waals surface area contributed by atoms with Crippen molar-refractivity contribution in [3.05, 3.63) is 5.53 Å². The molecule has 0 bridgehead atoms. The van der Waals surface area contributed by atoms with Crippen LogP contribution in [0, 0.1) is 12.3 Å². The maximum atomic E-state index is 10.5. The lowest BCUT2D eigenvalue weighted by molar-refractivity contribution is -0.116. The minimum absolute atomic E-state index is 0.197. The van der Waals surface area contributed by atoms with Crippen LogP contribution in [0.3, 0.4) is 0 Å². The Balaban J connectivity index is 3.42. The lowest BCUT2D eigenvalue weighted by Gasteiger charge is -1.84. The van der Waals surface area contributed by atoms with Crippen LogP contribution in [0.4, 0.5) is 0 Å². The predicted molar refractivity (Wildman–Crippen MR) is 37.4 cm³/mol. The fourth-order valence-corrected chi connectivity index (χ4v) is 0.494. The standard InChI is InChI=1S/C7H8N2O/c1-2-3-4-5-7(10)6-9-8/h1,6H,3-5H2. The fraction of sp³-hybridized carbons (Fsp3) is 0.429. The molecule has 0 N–H and O–H groups in total. The van der Waals surface area contributed by atoms with Gasteiger partial charge in [0.05, 0.1) is 0 Å². The Bertz CT molecular complexity index is 196. The minimum Gasteiger partial charge on any atom is -0.361 e. The van der Waals surface area contributed by atoms with E-state index in [1.807, 2.05) is 0 Å². The molecule has 0 aliphatic carbocycles. The molecule has 0 aromatic carbocycles. The molecule has 0 rings (SSSR count). The zero-order valence-corrected chi connectivity index (χ0v) is 5.58. The average Bonchev–Trinajstić information content (AvgIpc) is 1.89. The second-order valence-corrected chi connectivity index (χ2v) is 1.77. The van der Waals surface area contributed by atoms with Gasteiger partial charge in [-0.1, -0.05) is 0 Å². The average molecular weight is 136 g/mol. The first-order chi connectivity index (χ1) is 4.81. The van der Waals surface area contributed by atoms with E-state index in [1.165, 1.54) is 0 Å². The van der Waals surface area contributed by atoms with Gasteiger partial charge in [0.15, 0.2) is 0 Å². The number of ketones is 1. The number of unbranched alkanes of at least 4 members (excludes halogenated alkanes) is 1. The molecule has 0 aromatic rings. The minimum atomic E-state index is -0.197. The maximum absolute atomic E-state index is 10.5. The predicted octanol–water partition coefficient (Wildman–Crippen LogP) is 0.660. The van der Waals surface area contributed by atoms with Crippen LogP contribution in [0.5, 0.6) is 0 Å². The molecule has 0 saturated heterocycles. The first-order valence-corrected chi connectivity index (χ1v) is 2.95. The Morgan fingerprint density at radius 1 is 1.80 bits per heavy atom. The van der Waals surface area contributed by atoms with E-state index < -0.39 is 0 Å². The smallest absolute Gasteiger partial charge is 0.323 e. The molecule has 0 atom stereocenters. The molecule has 3 heteroatoms. The summed E-state index contributed by atoms with van der Waals surface area (Å²) in [5, 5.41) is 0. The van der Waals surface area contributed by atoms with E-state index in [2.05, 4.69) is 10.7 Å². The van der Waals surface area contributed by atoms with Crippen molar-refractivity contribution in [2.45, 2.75) is 19.3 Å². The summed E-state index contributed by atoms with van der Waals surface area (Å²) in [5.74, 6) is 2.21. The number of carbonyl (C=O) groups excluding carboxylic acids is 1. The largest absolute Gasteiger partial charge is 0.361 e. The number of hydrogen-bond donors (Lipinski definition) is 0. The van der Waals surface area contributed by atoms with E-state index >= 15 is 0 Å². The summed E-state index contributed by atoms with van der Waals surface area (Å²) in [4.78, 5) is 13.1. The SMILES string of the molecule is C#CCCCC(=O)C=[N+]=[N-]. The Morgan fingerprint density at radius 3 is 3.00 bits per heavy atom. The lowest BCUT2D eigenvalue weighted by Crippen LogP contribution is -1.98. The molecule has 52 valence electrons. The van der Waals surface area contributed by atoms with Gasteiger partial charge >= 0.3 is 6.21 Å². The van der Waals surface area contributed by atoms with Gasteiger partial charge in [-0.15, -0.1) is 12.3 Å². The molecule has 10 heavy (non-hydrogen) atoms. The van der Waals surface area contributed by atoms with Gasteiger partial charge in [0.1, 0.15) is 0 Å². The van der Waals surface area contributed by atoms with Crippen LogP contribution >= 0.6 is 0 Å². The molecular formula is C7H8N2O. The summed E-state index contributed by atoms with van der Waals surface area (Å²) >= 11 is 0. The Morgan fingerprint density at radius 2 is 2.50 bits per heavy atom. The van der Waals surface area contributed by atoms with Crippen LogP contribution in [0.25, 0.3) is 5.53 Å². The van der Waals surface area contributed by atoms with E-state index in [0.717, 1.165) is 6.21 Å². The molecule has 0 saturated carbocycles. The van der Waals surface area contributed by atoms with Crippen LogP contribution in [0.1, 0.15) is 19.3 Å². The molecule has 0 amide bonds. The Hall–Kier alpha value is -1.39. The highest BCUT2D eigenvalue weighted by Crippen LogP contribution is 1.92. The topological polar surface area (TPSA) is 53.5 Å². The van der Waals surface area contributed by atoms with Gasteiger partial charge in [0.2, 0.25) is 5.78 Å². The first kappa shape index (κ1) is 8.61. The van der Waals surface area contributed by atoms with Gasteiger partial charge in [0, 0.05) is 12.8 Å². The summed E-state index contributed by atoms with van der Waals surface area (Å²) in [5.41, 5.74) is 7.90. The van der Waals surface area contributed by atoms with Gasteiger partial charge in [-0.25, -0.2) is 0 Å². The molecule has 0 aromatic heterocycles. The number of hydrogen-bond acceptors (Lipinski definition) is 1. The third kappa shape index (κ3) is 4.76. The van der Waals surface area contributed by atoms with Crippen LogP contribution in [0.15, 0.2) is 0 Å². The van der Waals surface area contributed by atoms with Crippen molar-refractivity contribution in [3.63, 3.8) is 0 Å². The van der Waals surface area contributed by atoms with Crippen LogP contribution in [0.2, 0.25) is 0 Å². The fourth-order valence-electron chi connectivity index (χ4n) is 0.494. The van der Waals surface area contributed by atoms with E-state index in [1.54, 1.807) is 0 Å². The molecular weight excluding hydrogens is 128 g/mol. The van der Waals surface area contributed by atoms with Crippen molar-refractivity contribution < 1.29 is 9.58 Å². The van der Waals surface area contributed by atoms with Crippen LogP contribution in [-0.2, 0) is 4.79 Å². The number of nitrogens with zero attached hydrogens (tertiary/aromatic N) is 2. The zero-order chi connectivity index (χ0) is 7.82. The third-order valence-corrected chi connectivity index (χ3v) is 0.946. The maximum Gasteiger partial charge on any atom is 0.323 e. The number of rotatable bonds is 4. The molecule has 0 heterocycles. The van der Waals surface area contributed by atoms with Gasteiger partial charge in [0.25, 0.3) is 0 Å². The number of Topliss-reactive ketones (excluding diaryl/α,β-unsaturated/α-hetero) is 1. The van der Waals surface area contributed by atoms with E-state index in [0.29, 0.717) is 19.3 Å². The Kier molecular flexibility index (Phi) is 4.94. The molecule has 0 fully saturated rings. The molecule has 0 aliphatic heterocycles. The highest BCUT2D eigenvalue weighted by molar-refractivity contribution is 6.25. The zero-order valence-electron chi connectivity index (χ0n) is 5.58. The van der Waals surface area contributed by atoms with Gasteiger partial charge in [-0.2, -0.15) is 4.79 Å². The summed E-state index contributed by atoms with van der Waals surface area (Å²) in [6.45, 7) is 0. The van der Waals surface area contributed by atoms with Gasteiger partial charge < -0.3 is 5.53 Å². The molecule has 3 nitrogen and oxygen atoms in total. The number of carbonyl (C=O) groups is 1. The van der Waals surface area contributed by atoms with Crippen LogP contribution < -0.4 is 0 Å². The van der Waals surface area contributed by atoms with Gasteiger partial charge in [-0.05, 0) is 6.42 Å². The van der Waals surface area contributed by atoms with E-state index in [-0.39, 0.29) is 5.78 Å². The highest BCUT2D eigenvalue weighted by Gasteiger charge is 1.99. The summed E-state index contributed by atoms with van der Waals surface area (Å²) < 4.78 is 0. The Labute approximate surface area is 59.7 Å². The second kappa shape index (κ2) is 5.74. The van der Waals surface area contributed by atoms with Crippen molar-refractivity contribution in [2.75, 3.05) is 0 Å². The quantitative estimate of drug-likeness (QED) is 0.184. The van der Waals surface area contributed by atoms with Crippen molar-refractivity contribution in [1.82, 2.24) is 0 Å². The first-order valence-electron chi connectivity index (χ1n) is 2.95. The third-order valence-electron chi connectivity index (χ3n) is 0.946. The van der Waals surface area contributed by atoms with Crippen molar-refractivity contribution in [1.29, 1.82) is 0 Å². The molecule has 0 unspecified atom stereocenters. The summed E-state index contributed by atoms with van der Waals surface area (Å²) in [6, 6.07) is 0. The molecule has 0 aliphatic rings. The van der Waals surface area contributed by atoms with Gasteiger partial charge in [-0.3, -0.25) is 4.79 Å². The van der Waals surface area contributed by atoms with E-state index in [4.69, 9.17) is 12.0 Å². The molecule has 0 spiro atoms. The van der Waals surface area contributed by atoms with Crippen molar-refractivity contribution >= 4 is 12.0 Å². The van der Waals surface area contributed by atoms with Crippen molar-refractivity contribution in [2.24, 2.45) is 0 Å². The summed E-state index contributed by atoms with van der Waals surface area (Å²) in [6.07, 6.45) is 7.43. The second-order valence-electron chi connectivity index (χ2n) is 1.77. The van der Waals surface area contributed by atoms with Crippen molar-refractivity contribution in [3.8, 4) is 12.3 Å². The molecule has 0 radical (unpaired) electrons. The normalized spacial score (nSPS) is 7.50. The number of terminal acetylenes is 1. The highest BCUT2D eigenvalue weighted by atomic mass is 16.1. The van der Waals surface area contributed by atoms with E-state index in [9.17, 15) is 4.79 Å². The summed E-state index contributed by atoms with van der Waals surface area (Å²) in [7, 11) is 0. The lowest BCUT2D eigenvalue weighted by atomic mass is 10.2.